The molecule has 2 heterocycles. The Labute approximate surface area is 133 Å². The SMILES string of the molecule is CCOC(=O)C1CCc2c(c(Br)nn2C2CCOCC2)C1. The van der Waals surface area contributed by atoms with E-state index in [2.05, 4.69) is 25.7 Å². The van der Waals surface area contributed by atoms with Crippen LogP contribution in [-0.4, -0.2) is 35.6 Å². The molecule has 0 amide bonds. The molecule has 1 aliphatic carbocycles. The highest BCUT2D eigenvalue weighted by atomic mass is 79.9. The maximum absolute atomic E-state index is 11.9. The molecule has 1 aromatic rings. The second kappa shape index (κ2) is 6.48. The molecule has 1 aliphatic heterocycles. The quantitative estimate of drug-likeness (QED) is 0.781. The Kier molecular flexibility index (Phi) is 4.64. The number of esters is 1. The molecule has 1 atom stereocenters. The number of hydrogen-bond acceptors (Lipinski definition) is 4. The average molecular weight is 357 g/mol. The van der Waals surface area contributed by atoms with Crippen LogP contribution >= 0.6 is 15.9 Å². The number of halogens is 1. The zero-order valence-electron chi connectivity index (χ0n) is 12.3. The molecule has 0 aromatic carbocycles. The lowest BCUT2D eigenvalue weighted by Crippen LogP contribution is -2.27. The van der Waals surface area contributed by atoms with Gasteiger partial charge in [0.2, 0.25) is 0 Å². The van der Waals surface area contributed by atoms with Gasteiger partial charge in [0, 0.05) is 24.5 Å². The van der Waals surface area contributed by atoms with Crippen LogP contribution in [0.2, 0.25) is 0 Å². The number of nitrogens with zero attached hydrogens (tertiary/aromatic N) is 2. The average Bonchev–Trinajstić information content (AvgIpc) is 2.85. The molecule has 0 bridgehead atoms. The predicted octanol–water partition coefficient (Wildman–Crippen LogP) is 2.67. The second-order valence-electron chi connectivity index (χ2n) is 5.70. The van der Waals surface area contributed by atoms with Crippen molar-refractivity contribution in [1.82, 2.24) is 9.78 Å². The first-order valence-electron chi connectivity index (χ1n) is 7.70. The van der Waals surface area contributed by atoms with Crippen LogP contribution in [0.5, 0.6) is 0 Å². The molecule has 0 N–H and O–H groups in total. The van der Waals surface area contributed by atoms with Crippen molar-refractivity contribution in [2.75, 3.05) is 19.8 Å². The first-order valence-corrected chi connectivity index (χ1v) is 8.50. The summed E-state index contributed by atoms with van der Waals surface area (Å²) in [7, 11) is 0. The van der Waals surface area contributed by atoms with E-state index < -0.39 is 0 Å². The predicted molar refractivity (Wildman–Crippen MR) is 81.2 cm³/mol. The van der Waals surface area contributed by atoms with E-state index in [0.717, 1.165) is 49.9 Å². The van der Waals surface area contributed by atoms with Gasteiger partial charge in [-0.2, -0.15) is 5.10 Å². The van der Waals surface area contributed by atoms with Crippen LogP contribution in [0, 0.1) is 5.92 Å². The molecule has 1 saturated heterocycles. The van der Waals surface area contributed by atoms with Gasteiger partial charge in [0.05, 0.1) is 18.6 Å². The van der Waals surface area contributed by atoms with Crippen LogP contribution in [0.15, 0.2) is 4.60 Å². The monoisotopic (exact) mass is 356 g/mol. The molecule has 3 rings (SSSR count). The minimum atomic E-state index is -0.0751. The van der Waals surface area contributed by atoms with Crippen LogP contribution in [0.3, 0.4) is 0 Å². The van der Waals surface area contributed by atoms with Crippen molar-refractivity contribution >= 4 is 21.9 Å². The Morgan fingerprint density at radius 3 is 2.90 bits per heavy atom. The lowest BCUT2D eigenvalue weighted by molar-refractivity contribution is -0.148. The Balaban J connectivity index is 1.80. The van der Waals surface area contributed by atoms with Crippen molar-refractivity contribution in [2.24, 2.45) is 5.92 Å². The van der Waals surface area contributed by atoms with Crippen LogP contribution in [0.25, 0.3) is 0 Å². The fraction of sp³-hybridized carbons (Fsp3) is 0.733. The molecule has 6 heteroatoms. The fourth-order valence-electron chi connectivity index (χ4n) is 3.29. The van der Waals surface area contributed by atoms with Crippen LogP contribution < -0.4 is 0 Å². The number of carbonyl (C=O) groups is 1. The maximum atomic E-state index is 11.9. The Morgan fingerprint density at radius 2 is 2.19 bits per heavy atom. The van der Waals surface area contributed by atoms with Crippen LogP contribution in [-0.2, 0) is 27.1 Å². The molecule has 1 fully saturated rings. The topological polar surface area (TPSA) is 53.3 Å². The van der Waals surface area contributed by atoms with Gasteiger partial charge in [0.1, 0.15) is 4.60 Å². The van der Waals surface area contributed by atoms with E-state index in [4.69, 9.17) is 9.47 Å². The summed E-state index contributed by atoms with van der Waals surface area (Å²) in [6.07, 6.45) is 4.52. The molecule has 1 unspecified atom stereocenters. The minimum absolute atomic E-state index is 0.0268. The first-order chi connectivity index (χ1) is 10.2. The summed E-state index contributed by atoms with van der Waals surface area (Å²) < 4.78 is 13.7. The van der Waals surface area contributed by atoms with E-state index in [1.807, 2.05) is 6.92 Å². The van der Waals surface area contributed by atoms with Gasteiger partial charge in [-0.25, -0.2) is 0 Å². The largest absolute Gasteiger partial charge is 0.466 e. The smallest absolute Gasteiger partial charge is 0.309 e. The minimum Gasteiger partial charge on any atom is -0.466 e. The van der Waals surface area contributed by atoms with Crippen molar-refractivity contribution in [3.8, 4) is 0 Å². The summed E-state index contributed by atoms with van der Waals surface area (Å²) in [4.78, 5) is 11.9. The Bertz CT molecular complexity index is 523. The Hall–Kier alpha value is -0.880. The van der Waals surface area contributed by atoms with E-state index >= 15 is 0 Å². The zero-order valence-corrected chi connectivity index (χ0v) is 13.9. The molecule has 21 heavy (non-hydrogen) atoms. The van der Waals surface area contributed by atoms with Crippen molar-refractivity contribution in [2.45, 2.75) is 45.1 Å². The summed E-state index contributed by atoms with van der Waals surface area (Å²) in [5.74, 6) is -0.102. The summed E-state index contributed by atoms with van der Waals surface area (Å²) in [5, 5.41) is 4.68. The maximum Gasteiger partial charge on any atom is 0.309 e. The van der Waals surface area contributed by atoms with Crippen molar-refractivity contribution in [1.29, 1.82) is 0 Å². The third kappa shape index (κ3) is 3.01. The zero-order chi connectivity index (χ0) is 14.8. The lowest BCUT2D eigenvalue weighted by Gasteiger charge is -2.27. The van der Waals surface area contributed by atoms with Crippen molar-refractivity contribution in [3.63, 3.8) is 0 Å². The van der Waals surface area contributed by atoms with Gasteiger partial charge in [-0.1, -0.05) is 0 Å². The normalized spacial score (nSPS) is 22.9. The summed E-state index contributed by atoms with van der Waals surface area (Å²) in [6.45, 7) is 3.92. The molecule has 1 aromatic heterocycles. The molecule has 0 saturated carbocycles. The summed E-state index contributed by atoms with van der Waals surface area (Å²) in [5.41, 5.74) is 2.47. The number of ether oxygens (including phenoxy) is 2. The lowest BCUT2D eigenvalue weighted by atomic mass is 9.87. The second-order valence-corrected chi connectivity index (χ2v) is 6.45. The Morgan fingerprint density at radius 1 is 1.43 bits per heavy atom. The number of fused-ring (bicyclic) bond motifs is 1. The van der Waals surface area contributed by atoms with Gasteiger partial charge in [0.25, 0.3) is 0 Å². The van der Waals surface area contributed by atoms with E-state index in [1.54, 1.807) is 0 Å². The summed E-state index contributed by atoms with van der Waals surface area (Å²) in [6, 6.07) is 0.429. The van der Waals surface area contributed by atoms with Gasteiger partial charge in [-0.05, 0) is 55.0 Å². The van der Waals surface area contributed by atoms with Gasteiger partial charge in [0.15, 0.2) is 0 Å². The van der Waals surface area contributed by atoms with Crippen molar-refractivity contribution < 1.29 is 14.3 Å². The third-order valence-corrected chi connectivity index (χ3v) is 5.04. The van der Waals surface area contributed by atoms with Gasteiger partial charge >= 0.3 is 5.97 Å². The molecule has 2 aliphatic rings. The van der Waals surface area contributed by atoms with Gasteiger partial charge in [-0.3, -0.25) is 9.48 Å². The van der Waals surface area contributed by atoms with Gasteiger partial charge in [-0.15, -0.1) is 0 Å². The highest BCUT2D eigenvalue weighted by Crippen LogP contribution is 2.34. The summed E-state index contributed by atoms with van der Waals surface area (Å²) >= 11 is 3.57. The van der Waals surface area contributed by atoms with E-state index in [1.165, 1.54) is 11.3 Å². The van der Waals surface area contributed by atoms with Crippen LogP contribution in [0.4, 0.5) is 0 Å². The van der Waals surface area contributed by atoms with Crippen molar-refractivity contribution in [3.05, 3.63) is 15.9 Å². The number of aromatic nitrogens is 2. The van der Waals surface area contributed by atoms with Gasteiger partial charge < -0.3 is 9.47 Å². The van der Waals surface area contributed by atoms with Crippen LogP contribution in [0.1, 0.15) is 43.5 Å². The standard InChI is InChI=1S/C15H21BrN2O3/c1-2-21-15(19)10-3-4-13-12(9-10)14(16)17-18(13)11-5-7-20-8-6-11/h10-11H,2-9H2,1H3. The highest BCUT2D eigenvalue weighted by Gasteiger charge is 2.32. The van der Waals surface area contributed by atoms with E-state index in [-0.39, 0.29) is 11.9 Å². The molecule has 116 valence electrons. The first kappa shape index (κ1) is 15.0. The fourth-order valence-corrected chi connectivity index (χ4v) is 3.85. The highest BCUT2D eigenvalue weighted by molar-refractivity contribution is 9.10. The van der Waals surface area contributed by atoms with E-state index in [9.17, 15) is 4.79 Å². The molecular weight excluding hydrogens is 336 g/mol. The molecule has 0 spiro atoms. The third-order valence-electron chi connectivity index (χ3n) is 4.41. The number of rotatable bonds is 3. The van der Waals surface area contributed by atoms with E-state index in [0.29, 0.717) is 12.6 Å². The number of hydrogen-bond donors (Lipinski definition) is 0. The molecule has 5 nitrogen and oxygen atoms in total. The number of carbonyl (C=O) groups excluding carboxylic acids is 1. The molecule has 0 radical (unpaired) electrons. The molecular formula is C15H21BrN2O3.